The normalized spacial score (nSPS) is 16.1. The van der Waals surface area contributed by atoms with Gasteiger partial charge in [-0.15, -0.1) is 0 Å². The first-order valence-corrected chi connectivity index (χ1v) is 13.1. The number of methoxy groups -OCH3 is 2. The molecule has 2 amide bonds. The molecule has 0 unspecified atom stereocenters. The summed E-state index contributed by atoms with van der Waals surface area (Å²) in [5.74, 6) is 1.15. The van der Waals surface area contributed by atoms with Crippen molar-refractivity contribution in [2.45, 2.75) is 38.8 Å². The number of aromatic nitrogens is 4. The van der Waals surface area contributed by atoms with Crippen LogP contribution in [-0.2, 0) is 32.2 Å². The fraction of sp³-hybridized carbons (Fsp3) is 0.583. The van der Waals surface area contributed by atoms with Crippen LogP contribution in [0.4, 0.5) is 5.82 Å². The van der Waals surface area contributed by atoms with Crippen LogP contribution in [0.2, 0.25) is 0 Å². The standard InChI is InChI=1S/C12H16BrN3O3.C12H18N4O3/c2*1-18-12-9(14-7-10(13)16-12)6-15-11(17)8-2-4-19-5-3-8/h7-8H,2-6H2,1H3,(H,15,17);7-8H,2-6H2,1H3,(H2,13,16)(H,15,17). The van der Waals surface area contributed by atoms with Gasteiger partial charge in [-0.1, -0.05) is 0 Å². The van der Waals surface area contributed by atoms with Gasteiger partial charge in [0.15, 0.2) is 0 Å². The van der Waals surface area contributed by atoms with Gasteiger partial charge in [0.25, 0.3) is 0 Å². The van der Waals surface area contributed by atoms with Crippen LogP contribution in [0.25, 0.3) is 0 Å². The lowest BCUT2D eigenvalue weighted by atomic mass is 9.99. The van der Waals surface area contributed by atoms with Crippen molar-refractivity contribution in [2.75, 3.05) is 46.4 Å². The molecule has 2 aliphatic heterocycles. The van der Waals surface area contributed by atoms with Crippen LogP contribution in [-0.4, -0.2) is 72.4 Å². The second-order valence-corrected chi connectivity index (χ2v) is 9.42. The Labute approximate surface area is 229 Å². The first-order valence-electron chi connectivity index (χ1n) is 12.3. The maximum atomic E-state index is 12.0. The van der Waals surface area contributed by atoms with Gasteiger partial charge in [-0.05, 0) is 41.6 Å². The monoisotopic (exact) mass is 595 g/mol. The number of carbonyl (C=O) groups excluding carboxylic acids is 2. The van der Waals surface area contributed by atoms with Gasteiger partial charge < -0.3 is 35.3 Å². The maximum absolute atomic E-state index is 12.0. The molecule has 4 heterocycles. The second kappa shape index (κ2) is 15.3. The molecule has 4 rings (SSSR count). The van der Waals surface area contributed by atoms with Crippen molar-refractivity contribution in [1.29, 1.82) is 0 Å². The van der Waals surface area contributed by atoms with Gasteiger partial charge in [-0.25, -0.2) is 9.97 Å². The summed E-state index contributed by atoms with van der Waals surface area (Å²) in [7, 11) is 3.02. The molecule has 2 fully saturated rings. The van der Waals surface area contributed by atoms with Gasteiger partial charge in [0, 0.05) is 38.3 Å². The van der Waals surface area contributed by atoms with Crippen LogP contribution in [0.1, 0.15) is 37.1 Å². The Bertz CT molecular complexity index is 981. The highest BCUT2D eigenvalue weighted by molar-refractivity contribution is 9.10. The lowest BCUT2D eigenvalue weighted by molar-refractivity contribution is -0.128. The van der Waals surface area contributed by atoms with E-state index in [2.05, 4.69) is 46.5 Å². The Morgan fingerprint density at radius 2 is 1.32 bits per heavy atom. The third kappa shape index (κ3) is 9.03. The Kier molecular flexibility index (Phi) is 11.9. The van der Waals surface area contributed by atoms with Crippen LogP contribution in [0.5, 0.6) is 11.8 Å². The minimum absolute atomic E-state index is 0.0153. The summed E-state index contributed by atoms with van der Waals surface area (Å²) in [4.78, 5) is 40.4. The minimum Gasteiger partial charge on any atom is -0.480 e. The minimum atomic E-state index is 0.0153. The molecule has 2 aromatic heterocycles. The summed E-state index contributed by atoms with van der Waals surface area (Å²) >= 11 is 3.22. The van der Waals surface area contributed by atoms with Gasteiger partial charge in [-0.3, -0.25) is 14.6 Å². The molecule has 2 aliphatic rings. The number of rotatable bonds is 8. The van der Waals surface area contributed by atoms with E-state index in [0.29, 0.717) is 60.7 Å². The molecule has 0 atom stereocenters. The number of hydrogen-bond acceptors (Lipinski definition) is 11. The molecule has 14 heteroatoms. The van der Waals surface area contributed by atoms with Gasteiger partial charge >= 0.3 is 0 Å². The number of ether oxygens (including phenoxy) is 4. The van der Waals surface area contributed by atoms with E-state index in [1.807, 2.05) is 0 Å². The number of nitrogen functional groups attached to an aromatic ring is 1. The van der Waals surface area contributed by atoms with Crippen molar-refractivity contribution in [2.24, 2.45) is 11.8 Å². The molecule has 208 valence electrons. The van der Waals surface area contributed by atoms with Crippen molar-refractivity contribution in [3.8, 4) is 11.8 Å². The Hall–Kier alpha value is -3.10. The fourth-order valence-electron chi connectivity index (χ4n) is 3.91. The number of halogens is 1. The van der Waals surface area contributed by atoms with Gasteiger partial charge in [0.1, 0.15) is 21.8 Å². The largest absolute Gasteiger partial charge is 0.480 e. The van der Waals surface area contributed by atoms with E-state index >= 15 is 0 Å². The number of nitrogens with two attached hydrogens (primary N) is 1. The predicted molar refractivity (Wildman–Crippen MR) is 140 cm³/mol. The SMILES string of the molecule is COc1nc(Br)cnc1CNC(=O)C1CCOCC1.COc1nc(N)cnc1CNC(=O)C1CCOCC1. The summed E-state index contributed by atoms with van der Waals surface area (Å²) in [5, 5.41) is 5.72. The lowest BCUT2D eigenvalue weighted by Gasteiger charge is -2.21. The van der Waals surface area contributed by atoms with E-state index in [0.717, 1.165) is 25.7 Å². The van der Waals surface area contributed by atoms with Crippen LogP contribution < -0.4 is 25.8 Å². The quantitative estimate of drug-likeness (QED) is 0.402. The Morgan fingerprint density at radius 1 is 0.868 bits per heavy atom. The third-order valence-corrected chi connectivity index (χ3v) is 6.43. The molecule has 2 aromatic rings. The maximum Gasteiger partial charge on any atom is 0.239 e. The molecule has 0 radical (unpaired) electrons. The highest BCUT2D eigenvalue weighted by atomic mass is 79.9. The number of hydrogen-bond donors (Lipinski definition) is 3. The molecular formula is C24H34BrN7O6. The van der Waals surface area contributed by atoms with Crippen molar-refractivity contribution in [3.05, 3.63) is 28.4 Å². The summed E-state index contributed by atoms with van der Waals surface area (Å²) in [6, 6.07) is 0. The van der Waals surface area contributed by atoms with Crippen LogP contribution >= 0.6 is 15.9 Å². The topological polar surface area (TPSA) is 173 Å². The highest BCUT2D eigenvalue weighted by Gasteiger charge is 2.23. The highest BCUT2D eigenvalue weighted by Crippen LogP contribution is 2.18. The number of anilines is 1. The summed E-state index contributed by atoms with van der Waals surface area (Å²) in [6.07, 6.45) is 6.09. The first-order chi connectivity index (χ1) is 18.4. The van der Waals surface area contributed by atoms with Gasteiger partial charge in [0.2, 0.25) is 23.6 Å². The zero-order chi connectivity index (χ0) is 27.3. The molecule has 0 spiro atoms. The molecule has 0 aromatic carbocycles. The molecular weight excluding hydrogens is 562 g/mol. The van der Waals surface area contributed by atoms with Crippen LogP contribution in [0.15, 0.2) is 17.0 Å². The molecule has 4 N–H and O–H groups in total. The molecule has 0 saturated carbocycles. The lowest BCUT2D eigenvalue weighted by Crippen LogP contribution is -2.34. The zero-order valence-electron chi connectivity index (χ0n) is 21.6. The van der Waals surface area contributed by atoms with Crippen molar-refractivity contribution in [1.82, 2.24) is 30.6 Å². The summed E-state index contributed by atoms with van der Waals surface area (Å²) < 4.78 is 21.3. The molecule has 0 bridgehead atoms. The van der Waals surface area contributed by atoms with Gasteiger partial charge in [-0.2, -0.15) is 4.98 Å². The van der Waals surface area contributed by atoms with E-state index < -0.39 is 0 Å². The molecule has 0 aliphatic carbocycles. The number of nitrogens with zero attached hydrogens (tertiary/aromatic N) is 4. The number of carbonyl (C=O) groups is 2. The van der Waals surface area contributed by atoms with Crippen LogP contribution in [0, 0.1) is 11.8 Å². The van der Waals surface area contributed by atoms with Crippen LogP contribution in [0.3, 0.4) is 0 Å². The second-order valence-electron chi connectivity index (χ2n) is 8.61. The molecule has 13 nitrogen and oxygen atoms in total. The average Bonchev–Trinajstić information content (AvgIpc) is 2.96. The van der Waals surface area contributed by atoms with Gasteiger partial charge in [0.05, 0.1) is 39.7 Å². The van der Waals surface area contributed by atoms with E-state index in [-0.39, 0.29) is 36.0 Å². The van der Waals surface area contributed by atoms with E-state index in [4.69, 9.17) is 24.7 Å². The van der Waals surface area contributed by atoms with E-state index in [1.165, 1.54) is 20.4 Å². The molecule has 38 heavy (non-hydrogen) atoms. The Morgan fingerprint density at radius 3 is 1.79 bits per heavy atom. The third-order valence-electron chi connectivity index (χ3n) is 6.04. The van der Waals surface area contributed by atoms with Crippen molar-refractivity contribution < 1.29 is 28.5 Å². The smallest absolute Gasteiger partial charge is 0.239 e. The summed E-state index contributed by atoms with van der Waals surface area (Å²) in [5.41, 5.74) is 6.70. The van der Waals surface area contributed by atoms with Crippen molar-refractivity contribution in [3.63, 3.8) is 0 Å². The average molecular weight is 596 g/mol. The molecule has 2 saturated heterocycles. The van der Waals surface area contributed by atoms with Crippen molar-refractivity contribution >= 4 is 33.6 Å². The zero-order valence-corrected chi connectivity index (χ0v) is 23.2. The fourth-order valence-corrected chi connectivity index (χ4v) is 4.17. The number of nitrogens with one attached hydrogen (secondary N) is 2. The summed E-state index contributed by atoms with van der Waals surface area (Å²) in [6.45, 7) is 3.19. The Balaban J connectivity index is 0.000000211. The first kappa shape index (κ1) is 29.5. The predicted octanol–water partition coefficient (Wildman–Crippen LogP) is 1.40. The van der Waals surface area contributed by atoms with E-state index in [1.54, 1.807) is 6.20 Å². The number of amides is 2. The van der Waals surface area contributed by atoms with E-state index in [9.17, 15) is 9.59 Å².